The lowest BCUT2D eigenvalue weighted by atomic mass is 10.1. The normalized spacial score (nSPS) is 15.9. The van der Waals surface area contributed by atoms with E-state index in [9.17, 15) is 0 Å². The Bertz CT molecular complexity index is 431. The highest BCUT2D eigenvalue weighted by molar-refractivity contribution is 9.10. The second-order valence-electron chi connectivity index (χ2n) is 4.26. The van der Waals surface area contributed by atoms with Crippen LogP contribution in [0.4, 0.5) is 5.82 Å². The Morgan fingerprint density at radius 2 is 2.35 bits per heavy atom. The SMILES string of the molecule is COCC1=CCN(c2nccc(C)c2Br)CC1. The van der Waals surface area contributed by atoms with Crippen LogP contribution in [0.2, 0.25) is 0 Å². The Morgan fingerprint density at radius 1 is 1.53 bits per heavy atom. The van der Waals surface area contributed by atoms with Crippen molar-refractivity contribution in [2.45, 2.75) is 13.3 Å². The first-order chi connectivity index (χ1) is 8.22. The van der Waals surface area contributed by atoms with Crippen molar-refractivity contribution in [3.8, 4) is 0 Å². The van der Waals surface area contributed by atoms with Crippen molar-refractivity contribution < 1.29 is 4.74 Å². The largest absolute Gasteiger partial charge is 0.380 e. The molecule has 0 spiro atoms. The molecule has 1 aromatic rings. The second-order valence-corrected chi connectivity index (χ2v) is 5.05. The van der Waals surface area contributed by atoms with Crippen LogP contribution in [0.5, 0.6) is 0 Å². The summed E-state index contributed by atoms with van der Waals surface area (Å²) in [5, 5.41) is 0. The average molecular weight is 297 g/mol. The van der Waals surface area contributed by atoms with E-state index in [0.717, 1.165) is 36.4 Å². The standard InChI is InChI=1S/C13H17BrN2O/c1-10-3-6-15-13(12(10)14)16-7-4-11(5-8-16)9-17-2/h3-4,6H,5,7-9H2,1-2H3. The fraction of sp³-hybridized carbons (Fsp3) is 0.462. The number of rotatable bonds is 3. The van der Waals surface area contributed by atoms with Crippen molar-refractivity contribution in [2.75, 3.05) is 31.7 Å². The van der Waals surface area contributed by atoms with Gasteiger partial charge >= 0.3 is 0 Å². The topological polar surface area (TPSA) is 25.4 Å². The molecule has 1 aromatic heterocycles. The summed E-state index contributed by atoms with van der Waals surface area (Å²) >= 11 is 3.61. The van der Waals surface area contributed by atoms with Gasteiger partial charge in [-0.2, -0.15) is 0 Å². The van der Waals surface area contributed by atoms with Crippen LogP contribution in [-0.2, 0) is 4.74 Å². The zero-order valence-corrected chi connectivity index (χ0v) is 11.8. The lowest BCUT2D eigenvalue weighted by Crippen LogP contribution is -2.30. The van der Waals surface area contributed by atoms with Gasteiger partial charge in [-0.15, -0.1) is 0 Å². The minimum absolute atomic E-state index is 0.746. The third-order valence-corrected chi connectivity index (χ3v) is 3.98. The van der Waals surface area contributed by atoms with Gasteiger partial charge in [0, 0.05) is 26.4 Å². The molecule has 0 saturated heterocycles. The van der Waals surface area contributed by atoms with Gasteiger partial charge < -0.3 is 9.64 Å². The molecule has 0 aromatic carbocycles. The number of halogens is 1. The molecule has 0 atom stereocenters. The summed E-state index contributed by atoms with van der Waals surface area (Å²) in [6, 6.07) is 2.02. The molecule has 0 fully saturated rings. The van der Waals surface area contributed by atoms with Crippen LogP contribution in [0.3, 0.4) is 0 Å². The van der Waals surface area contributed by atoms with Gasteiger partial charge in [0.15, 0.2) is 0 Å². The highest BCUT2D eigenvalue weighted by Crippen LogP contribution is 2.28. The van der Waals surface area contributed by atoms with Crippen LogP contribution >= 0.6 is 15.9 Å². The smallest absolute Gasteiger partial charge is 0.143 e. The number of hydrogen-bond acceptors (Lipinski definition) is 3. The van der Waals surface area contributed by atoms with Gasteiger partial charge in [0.05, 0.1) is 11.1 Å². The molecule has 0 bridgehead atoms. The van der Waals surface area contributed by atoms with Crippen LogP contribution in [0, 0.1) is 6.92 Å². The molecule has 2 heterocycles. The number of anilines is 1. The molecular weight excluding hydrogens is 280 g/mol. The first kappa shape index (κ1) is 12.6. The van der Waals surface area contributed by atoms with E-state index in [4.69, 9.17) is 4.74 Å². The lowest BCUT2D eigenvalue weighted by molar-refractivity contribution is 0.222. The molecule has 17 heavy (non-hydrogen) atoms. The fourth-order valence-electron chi connectivity index (χ4n) is 1.97. The summed E-state index contributed by atoms with van der Waals surface area (Å²) in [6.45, 7) is 4.75. The summed E-state index contributed by atoms with van der Waals surface area (Å²) in [4.78, 5) is 6.74. The number of methoxy groups -OCH3 is 1. The monoisotopic (exact) mass is 296 g/mol. The molecular formula is C13H17BrN2O. The Hall–Kier alpha value is -0.870. The zero-order valence-electron chi connectivity index (χ0n) is 10.2. The van der Waals surface area contributed by atoms with E-state index < -0.39 is 0 Å². The number of aryl methyl sites for hydroxylation is 1. The minimum atomic E-state index is 0.746. The lowest BCUT2D eigenvalue weighted by Gasteiger charge is -2.28. The van der Waals surface area contributed by atoms with Gasteiger partial charge in [-0.25, -0.2) is 4.98 Å². The fourth-order valence-corrected chi connectivity index (χ4v) is 2.45. The third kappa shape index (κ3) is 2.87. The predicted octanol–water partition coefficient (Wildman–Crippen LogP) is 2.94. The first-order valence-corrected chi connectivity index (χ1v) is 6.54. The molecule has 1 aliphatic heterocycles. The van der Waals surface area contributed by atoms with Gasteiger partial charge in [-0.1, -0.05) is 6.08 Å². The molecule has 0 N–H and O–H groups in total. The van der Waals surface area contributed by atoms with Gasteiger partial charge in [-0.3, -0.25) is 0 Å². The Kier molecular flexibility index (Phi) is 4.18. The van der Waals surface area contributed by atoms with E-state index in [1.165, 1.54) is 11.1 Å². The maximum atomic E-state index is 5.15. The molecule has 2 rings (SSSR count). The molecule has 0 radical (unpaired) electrons. The summed E-state index contributed by atoms with van der Waals surface area (Å²) in [5.41, 5.74) is 2.61. The number of pyridine rings is 1. The Balaban J connectivity index is 2.13. The van der Waals surface area contributed by atoms with Crippen LogP contribution in [-0.4, -0.2) is 31.8 Å². The molecule has 0 unspecified atom stereocenters. The highest BCUT2D eigenvalue weighted by Gasteiger charge is 2.16. The van der Waals surface area contributed by atoms with E-state index in [1.54, 1.807) is 7.11 Å². The number of ether oxygens (including phenoxy) is 1. The van der Waals surface area contributed by atoms with Crippen molar-refractivity contribution >= 4 is 21.7 Å². The van der Waals surface area contributed by atoms with Gasteiger partial charge in [0.1, 0.15) is 5.82 Å². The van der Waals surface area contributed by atoms with Crippen molar-refractivity contribution in [2.24, 2.45) is 0 Å². The Labute approximate surface area is 111 Å². The van der Waals surface area contributed by atoms with Crippen LogP contribution in [0.1, 0.15) is 12.0 Å². The number of aromatic nitrogens is 1. The van der Waals surface area contributed by atoms with E-state index in [1.807, 2.05) is 12.3 Å². The molecule has 3 nitrogen and oxygen atoms in total. The van der Waals surface area contributed by atoms with Crippen molar-refractivity contribution in [1.29, 1.82) is 0 Å². The van der Waals surface area contributed by atoms with Crippen LogP contribution in [0.15, 0.2) is 28.4 Å². The third-order valence-electron chi connectivity index (χ3n) is 3.00. The molecule has 4 heteroatoms. The molecule has 0 amide bonds. The zero-order chi connectivity index (χ0) is 12.3. The molecule has 0 aliphatic carbocycles. The first-order valence-electron chi connectivity index (χ1n) is 5.75. The Morgan fingerprint density at radius 3 is 3.00 bits per heavy atom. The number of hydrogen-bond donors (Lipinski definition) is 0. The highest BCUT2D eigenvalue weighted by atomic mass is 79.9. The molecule has 92 valence electrons. The maximum Gasteiger partial charge on any atom is 0.143 e. The van der Waals surface area contributed by atoms with Crippen molar-refractivity contribution in [1.82, 2.24) is 4.98 Å². The molecule has 0 saturated carbocycles. The van der Waals surface area contributed by atoms with Crippen LogP contribution in [0.25, 0.3) is 0 Å². The van der Waals surface area contributed by atoms with Gasteiger partial charge in [0.2, 0.25) is 0 Å². The quantitative estimate of drug-likeness (QED) is 0.802. The molecule has 1 aliphatic rings. The number of nitrogens with zero attached hydrogens (tertiary/aromatic N) is 2. The van der Waals surface area contributed by atoms with E-state index in [0.29, 0.717) is 0 Å². The predicted molar refractivity (Wildman–Crippen MR) is 73.5 cm³/mol. The van der Waals surface area contributed by atoms with Crippen LogP contribution < -0.4 is 4.90 Å². The summed E-state index contributed by atoms with van der Waals surface area (Å²) in [6.07, 6.45) is 5.16. The second kappa shape index (κ2) is 5.65. The van der Waals surface area contributed by atoms with Gasteiger partial charge in [0.25, 0.3) is 0 Å². The average Bonchev–Trinajstić information content (AvgIpc) is 2.34. The minimum Gasteiger partial charge on any atom is -0.380 e. The summed E-state index contributed by atoms with van der Waals surface area (Å²) in [7, 11) is 1.74. The van der Waals surface area contributed by atoms with Gasteiger partial charge in [-0.05, 0) is 46.5 Å². The van der Waals surface area contributed by atoms with E-state index >= 15 is 0 Å². The van der Waals surface area contributed by atoms with Crippen molar-refractivity contribution in [3.05, 3.63) is 33.9 Å². The van der Waals surface area contributed by atoms with E-state index in [-0.39, 0.29) is 0 Å². The summed E-state index contributed by atoms with van der Waals surface area (Å²) in [5.74, 6) is 1.04. The van der Waals surface area contributed by atoms with Crippen molar-refractivity contribution in [3.63, 3.8) is 0 Å². The summed E-state index contributed by atoms with van der Waals surface area (Å²) < 4.78 is 6.25. The maximum absolute atomic E-state index is 5.15. The van der Waals surface area contributed by atoms with E-state index in [2.05, 4.69) is 38.8 Å².